The molecule has 0 aliphatic carbocycles. The van der Waals surface area contributed by atoms with Crippen molar-refractivity contribution in [1.82, 2.24) is 14.9 Å². The Bertz CT molecular complexity index is 1780. The van der Waals surface area contributed by atoms with E-state index in [1.54, 1.807) is 12.4 Å². The van der Waals surface area contributed by atoms with Crippen molar-refractivity contribution in [3.8, 4) is 5.75 Å². The number of fused-ring (bicyclic) bond motifs is 1. The van der Waals surface area contributed by atoms with Crippen molar-refractivity contribution in [2.24, 2.45) is 0 Å². The molecule has 2 aromatic heterocycles. The molecule has 0 saturated heterocycles. The van der Waals surface area contributed by atoms with Gasteiger partial charge in [-0.25, -0.2) is 0 Å². The molecule has 0 saturated carbocycles. The number of benzene rings is 4. The molecule has 1 amide bonds. The quantitative estimate of drug-likeness (QED) is 0.174. The minimum Gasteiger partial charge on any atom is -0.489 e. The van der Waals surface area contributed by atoms with Crippen LogP contribution in [0, 0.1) is 6.92 Å². The average molecular weight is 566 g/mol. The van der Waals surface area contributed by atoms with Gasteiger partial charge < -0.3 is 14.6 Å². The number of para-hydroxylation sites is 1. The van der Waals surface area contributed by atoms with Gasteiger partial charge in [-0.1, -0.05) is 90.5 Å². The number of carbonyl (C=O) groups is 1. The highest BCUT2D eigenvalue weighted by atomic mass is 16.5. The van der Waals surface area contributed by atoms with Crippen LogP contribution < -0.4 is 10.1 Å². The zero-order valence-corrected chi connectivity index (χ0v) is 24.3. The lowest BCUT2D eigenvalue weighted by atomic mass is 9.88. The molecule has 43 heavy (non-hydrogen) atoms. The van der Waals surface area contributed by atoms with Gasteiger partial charge >= 0.3 is 0 Å². The van der Waals surface area contributed by atoms with E-state index in [1.165, 1.54) is 11.1 Å². The lowest BCUT2D eigenvalue weighted by Crippen LogP contribution is -2.25. The normalized spacial score (nSPS) is 11.7. The number of hydrogen-bond acceptors (Lipinski definition) is 3. The summed E-state index contributed by atoms with van der Waals surface area (Å²) in [4.78, 5) is 17.5. The fourth-order valence-corrected chi connectivity index (χ4v) is 5.48. The Morgan fingerprint density at radius 1 is 0.791 bits per heavy atom. The number of hydrogen-bond donors (Lipinski definition) is 1. The molecule has 2 heterocycles. The Labute approximate surface area is 252 Å². The molecular weight excluding hydrogens is 530 g/mol. The summed E-state index contributed by atoms with van der Waals surface area (Å²) in [6.45, 7) is 3.84. The first-order valence-electron chi connectivity index (χ1n) is 14.7. The van der Waals surface area contributed by atoms with Crippen LogP contribution >= 0.6 is 0 Å². The largest absolute Gasteiger partial charge is 0.489 e. The van der Waals surface area contributed by atoms with Crippen LogP contribution in [0.25, 0.3) is 10.9 Å². The Hall–Kier alpha value is -5.16. The summed E-state index contributed by atoms with van der Waals surface area (Å²) in [5, 5.41) is 4.28. The Balaban J connectivity index is 1.30. The van der Waals surface area contributed by atoms with Gasteiger partial charge in [0.1, 0.15) is 12.4 Å². The molecular formula is C38H35N3O2. The van der Waals surface area contributed by atoms with Gasteiger partial charge in [0.2, 0.25) is 5.91 Å². The minimum absolute atomic E-state index is 0.00146. The van der Waals surface area contributed by atoms with Crippen LogP contribution in [0.2, 0.25) is 0 Å². The Kier molecular flexibility index (Phi) is 8.60. The van der Waals surface area contributed by atoms with Crippen molar-refractivity contribution < 1.29 is 9.53 Å². The van der Waals surface area contributed by atoms with E-state index in [9.17, 15) is 4.79 Å². The number of carbonyl (C=O) groups excluding carboxylic acids is 1. The highest BCUT2D eigenvalue weighted by molar-refractivity contribution is 5.87. The Morgan fingerprint density at radius 2 is 1.51 bits per heavy atom. The van der Waals surface area contributed by atoms with Gasteiger partial charge in [0.15, 0.2) is 0 Å². The second-order valence-electron chi connectivity index (χ2n) is 10.9. The summed E-state index contributed by atoms with van der Waals surface area (Å²) in [6, 6.07) is 39.3. The van der Waals surface area contributed by atoms with Gasteiger partial charge in [0, 0.05) is 54.9 Å². The number of aryl methyl sites for hydroxylation is 1. The molecule has 214 valence electrons. The van der Waals surface area contributed by atoms with E-state index in [4.69, 9.17) is 4.74 Å². The van der Waals surface area contributed by atoms with Crippen LogP contribution in [0.15, 0.2) is 134 Å². The van der Waals surface area contributed by atoms with E-state index >= 15 is 0 Å². The maximum absolute atomic E-state index is 13.4. The number of amides is 1. The standard InChI is InChI=1S/C38H35N3O2/c1-28-11-13-30(14-12-28)25-41-26-36(34-9-5-6-10-37(34)41)35(23-38(42)40-24-29-19-21-39-22-20-29)32-15-17-33(18-16-32)43-27-31-7-3-2-4-8-31/h2-22,26,35H,23-25,27H2,1H3,(H,40,42). The highest BCUT2D eigenvalue weighted by Gasteiger charge is 2.23. The molecule has 5 heteroatoms. The van der Waals surface area contributed by atoms with Crippen LogP contribution in [-0.4, -0.2) is 15.5 Å². The molecule has 6 rings (SSSR count). The molecule has 0 fully saturated rings. The summed E-state index contributed by atoms with van der Waals surface area (Å²) in [6.07, 6.45) is 6.04. The van der Waals surface area contributed by atoms with Crippen LogP contribution in [0.4, 0.5) is 0 Å². The third-order valence-corrected chi connectivity index (χ3v) is 7.83. The molecule has 0 aliphatic rings. The van der Waals surface area contributed by atoms with Gasteiger partial charge in [-0.15, -0.1) is 0 Å². The molecule has 1 atom stereocenters. The third-order valence-electron chi connectivity index (χ3n) is 7.83. The van der Waals surface area contributed by atoms with Crippen molar-refractivity contribution >= 4 is 16.8 Å². The fraction of sp³-hybridized carbons (Fsp3) is 0.158. The second-order valence-corrected chi connectivity index (χ2v) is 10.9. The van der Waals surface area contributed by atoms with Crippen LogP contribution in [0.5, 0.6) is 5.75 Å². The zero-order valence-electron chi connectivity index (χ0n) is 24.3. The van der Waals surface area contributed by atoms with Gasteiger partial charge in [0.05, 0.1) is 0 Å². The van der Waals surface area contributed by atoms with Crippen LogP contribution in [-0.2, 0) is 24.5 Å². The first-order chi connectivity index (χ1) is 21.1. The summed E-state index contributed by atoms with van der Waals surface area (Å²) in [7, 11) is 0. The van der Waals surface area contributed by atoms with Gasteiger partial charge in [-0.2, -0.15) is 0 Å². The van der Waals surface area contributed by atoms with Gasteiger partial charge in [-0.3, -0.25) is 9.78 Å². The van der Waals surface area contributed by atoms with E-state index in [0.717, 1.165) is 45.5 Å². The summed E-state index contributed by atoms with van der Waals surface area (Å²) in [5.74, 6) is 0.668. The SMILES string of the molecule is Cc1ccc(Cn2cc(C(CC(=O)NCc3ccncc3)c3ccc(OCc4ccccc4)cc3)c3ccccc32)cc1. The third kappa shape index (κ3) is 7.02. The number of ether oxygens (including phenoxy) is 1. The summed E-state index contributed by atoms with van der Waals surface area (Å²) in [5.41, 5.74) is 8.00. The van der Waals surface area contributed by atoms with Crippen molar-refractivity contribution in [3.05, 3.63) is 167 Å². The number of pyridine rings is 1. The maximum atomic E-state index is 13.4. The number of aromatic nitrogens is 2. The van der Waals surface area contributed by atoms with E-state index in [-0.39, 0.29) is 11.8 Å². The average Bonchev–Trinajstić information content (AvgIpc) is 3.42. The molecule has 4 aromatic carbocycles. The van der Waals surface area contributed by atoms with E-state index in [1.807, 2.05) is 42.5 Å². The smallest absolute Gasteiger partial charge is 0.221 e. The Morgan fingerprint density at radius 3 is 2.28 bits per heavy atom. The molecule has 0 aliphatic heterocycles. The molecule has 1 unspecified atom stereocenters. The molecule has 0 spiro atoms. The number of nitrogens with one attached hydrogen (secondary N) is 1. The highest BCUT2D eigenvalue weighted by Crippen LogP contribution is 2.36. The monoisotopic (exact) mass is 565 g/mol. The molecule has 0 bridgehead atoms. The maximum Gasteiger partial charge on any atom is 0.221 e. The fourth-order valence-electron chi connectivity index (χ4n) is 5.48. The van der Waals surface area contributed by atoms with Crippen LogP contribution in [0.1, 0.15) is 45.7 Å². The van der Waals surface area contributed by atoms with Gasteiger partial charge in [-0.05, 0) is 65.1 Å². The zero-order chi connectivity index (χ0) is 29.4. The number of nitrogens with zero attached hydrogens (tertiary/aromatic N) is 2. The molecule has 5 nitrogen and oxygen atoms in total. The molecule has 1 N–H and O–H groups in total. The minimum atomic E-state index is -0.134. The predicted molar refractivity (Wildman–Crippen MR) is 172 cm³/mol. The first-order valence-corrected chi connectivity index (χ1v) is 14.7. The van der Waals surface area contributed by atoms with E-state index in [0.29, 0.717) is 19.6 Å². The van der Waals surface area contributed by atoms with Crippen molar-refractivity contribution in [1.29, 1.82) is 0 Å². The van der Waals surface area contributed by atoms with Crippen molar-refractivity contribution in [2.45, 2.75) is 39.0 Å². The van der Waals surface area contributed by atoms with E-state index < -0.39 is 0 Å². The summed E-state index contributed by atoms with van der Waals surface area (Å²) >= 11 is 0. The lowest BCUT2D eigenvalue weighted by molar-refractivity contribution is -0.121. The lowest BCUT2D eigenvalue weighted by Gasteiger charge is -2.18. The summed E-state index contributed by atoms with van der Waals surface area (Å²) < 4.78 is 8.36. The molecule has 6 aromatic rings. The van der Waals surface area contributed by atoms with Crippen molar-refractivity contribution in [2.75, 3.05) is 0 Å². The van der Waals surface area contributed by atoms with E-state index in [2.05, 4.69) is 101 Å². The molecule has 0 radical (unpaired) electrons. The van der Waals surface area contributed by atoms with Gasteiger partial charge in [0.25, 0.3) is 0 Å². The predicted octanol–water partition coefficient (Wildman–Crippen LogP) is 7.81. The second kappa shape index (κ2) is 13.2. The van der Waals surface area contributed by atoms with Crippen LogP contribution in [0.3, 0.4) is 0 Å². The first kappa shape index (κ1) is 28.0. The number of rotatable bonds is 11. The topological polar surface area (TPSA) is 56.2 Å². The van der Waals surface area contributed by atoms with Crippen molar-refractivity contribution in [3.63, 3.8) is 0 Å².